The van der Waals surface area contributed by atoms with Crippen LogP contribution in [-0.2, 0) is 24.3 Å². The molecule has 2 aliphatic heterocycles. The molecule has 0 saturated carbocycles. The van der Waals surface area contributed by atoms with Gasteiger partial charge in [0.25, 0.3) is 12.3 Å². The first-order valence-corrected chi connectivity index (χ1v) is 11.0. The standard InChI is InChI=1S/C22H24F3N7O3/c1-12-5-18-16(11-31(12)22(34)28-14-3-4-17(23)13(6-14)7-26)20-21(33)30(2)35-15(10-32(20)29-18)8-27-9-19(24)25/h3-4,6,12,15,19,27H,5,8-11H2,1-2H3,(H,28,34)/t12-,15-/m1/s1. The third kappa shape index (κ3) is 5.08. The van der Waals surface area contributed by atoms with Crippen LogP contribution in [0.4, 0.5) is 23.7 Å². The maximum absolute atomic E-state index is 13.6. The van der Waals surface area contributed by atoms with Gasteiger partial charge in [-0.1, -0.05) is 0 Å². The van der Waals surface area contributed by atoms with E-state index in [4.69, 9.17) is 10.1 Å². The number of fused-ring (bicyclic) bond motifs is 3. The van der Waals surface area contributed by atoms with Gasteiger partial charge < -0.3 is 15.5 Å². The smallest absolute Gasteiger partial charge is 0.317 e. The maximum atomic E-state index is 13.6. The highest BCUT2D eigenvalue weighted by Gasteiger charge is 2.37. The number of anilines is 1. The highest BCUT2D eigenvalue weighted by atomic mass is 19.3. The van der Waals surface area contributed by atoms with Crippen molar-refractivity contribution in [2.75, 3.05) is 25.5 Å². The molecule has 0 spiro atoms. The van der Waals surface area contributed by atoms with Crippen molar-refractivity contribution in [1.82, 2.24) is 25.1 Å². The number of benzene rings is 1. The number of amides is 3. The molecule has 2 N–H and O–H groups in total. The Morgan fingerprint density at radius 1 is 1.40 bits per heavy atom. The van der Waals surface area contributed by atoms with E-state index in [9.17, 15) is 22.8 Å². The van der Waals surface area contributed by atoms with Crippen molar-refractivity contribution in [2.24, 2.45) is 0 Å². The molecule has 10 nitrogen and oxygen atoms in total. The quantitative estimate of drug-likeness (QED) is 0.662. The van der Waals surface area contributed by atoms with Gasteiger partial charge in [0.05, 0.1) is 30.9 Å². The molecule has 0 radical (unpaired) electrons. The number of rotatable bonds is 5. The summed E-state index contributed by atoms with van der Waals surface area (Å²) in [7, 11) is 1.44. The Kier molecular flexibility index (Phi) is 6.95. The van der Waals surface area contributed by atoms with E-state index in [2.05, 4.69) is 15.7 Å². The first-order chi connectivity index (χ1) is 16.7. The summed E-state index contributed by atoms with van der Waals surface area (Å²) < 4.78 is 40.1. The lowest BCUT2D eigenvalue weighted by atomic mass is 9.99. The van der Waals surface area contributed by atoms with E-state index in [-0.39, 0.29) is 42.6 Å². The van der Waals surface area contributed by atoms with Gasteiger partial charge >= 0.3 is 6.03 Å². The van der Waals surface area contributed by atoms with E-state index in [1.165, 1.54) is 28.8 Å². The van der Waals surface area contributed by atoms with Gasteiger partial charge in [0.1, 0.15) is 23.7 Å². The Hall–Kier alpha value is -3.63. The lowest BCUT2D eigenvalue weighted by Gasteiger charge is -2.33. The summed E-state index contributed by atoms with van der Waals surface area (Å²) in [4.78, 5) is 33.2. The summed E-state index contributed by atoms with van der Waals surface area (Å²) in [5.41, 5.74) is 1.61. The molecular weight excluding hydrogens is 467 g/mol. The molecule has 2 aliphatic rings. The molecule has 13 heteroatoms. The number of nitrogens with zero attached hydrogens (tertiary/aromatic N) is 5. The van der Waals surface area contributed by atoms with Crippen molar-refractivity contribution in [3.63, 3.8) is 0 Å². The summed E-state index contributed by atoms with van der Waals surface area (Å²) in [6, 6.07) is 4.71. The summed E-state index contributed by atoms with van der Waals surface area (Å²) >= 11 is 0. The molecule has 2 aromatic rings. The molecule has 1 aromatic carbocycles. The van der Waals surface area contributed by atoms with Crippen molar-refractivity contribution in [3.05, 3.63) is 46.5 Å². The van der Waals surface area contributed by atoms with E-state index in [1.54, 1.807) is 6.07 Å². The van der Waals surface area contributed by atoms with Crippen LogP contribution in [0, 0.1) is 17.1 Å². The molecule has 0 unspecified atom stereocenters. The van der Waals surface area contributed by atoms with E-state index in [1.807, 2.05) is 6.92 Å². The number of carbonyl (C=O) groups excluding carboxylic acids is 2. The van der Waals surface area contributed by atoms with Gasteiger partial charge in [-0.3, -0.25) is 14.3 Å². The Balaban J connectivity index is 1.55. The highest BCUT2D eigenvalue weighted by Crippen LogP contribution is 2.29. The van der Waals surface area contributed by atoms with Crippen molar-refractivity contribution >= 4 is 17.6 Å². The first kappa shape index (κ1) is 24.5. The molecule has 0 aliphatic carbocycles. The average molecular weight is 491 g/mol. The monoisotopic (exact) mass is 491 g/mol. The molecule has 1 aromatic heterocycles. The third-order valence-corrected chi connectivity index (χ3v) is 5.92. The second-order valence-electron chi connectivity index (χ2n) is 8.45. The normalized spacial score (nSPS) is 19.7. The average Bonchev–Trinajstić information content (AvgIpc) is 3.09. The number of nitrogens with one attached hydrogen (secondary N) is 2. The van der Waals surface area contributed by atoms with Crippen LogP contribution in [0.5, 0.6) is 0 Å². The largest absolute Gasteiger partial charge is 0.322 e. The third-order valence-electron chi connectivity index (χ3n) is 5.92. The number of alkyl halides is 2. The molecule has 35 heavy (non-hydrogen) atoms. The van der Waals surface area contributed by atoms with Gasteiger partial charge in [-0.05, 0) is 25.1 Å². The van der Waals surface area contributed by atoms with Gasteiger partial charge in [-0.15, -0.1) is 0 Å². The van der Waals surface area contributed by atoms with Gasteiger partial charge in [0, 0.05) is 37.3 Å². The minimum absolute atomic E-state index is 0.0951. The van der Waals surface area contributed by atoms with Crippen LogP contribution in [-0.4, -0.2) is 70.4 Å². The van der Waals surface area contributed by atoms with Gasteiger partial charge in [0.2, 0.25) is 0 Å². The predicted octanol–water partition coefficient (Wildman–Crippen LogP) is 2.11. The number of carbonyl (C=O) groups is 2. The van der Waals surface area contributed by atoms with Crippen LogP contribution in [0.25, 0.3) is 0 Å². The molecule has 4 rings (SSSR count). The Labute approximate surface area is 199 Å². The van der Waals surface area contributed by atoms with Crippen LogP contribution >= 0.6 is 0 Å². The van der Waals surface area contributed by atoms with Crippen LogP contribution in [0.2, 0.25) is 0 Å². The molecule has 186 valence electrons. The Morgan fingerprint density at radius 3 is 2.89 bits per heavy atom. The number of hydrogen-bond donors (Lipinski definition) is 2. The summed E-state index contributed by atoms with van der Waals surface area (Å²) in [6.45, 7) is 1.71. The minimum atomic E-state index is -2.51. The zero-order valence-electron chi connectivity index (χ0n) is 19.1. The zero-order valence-corrected chi connectivity index (χ0v) is 19.1. The SMILES string of the molecule is C[C@@H]1Cc2nn3c(c2CN1C(=O)Nc1ccc(F)c(C#N)c1)C(=O)N(C)O[C@H](CNCC(F)F)C3. The number of nitriles is 1. The van der Waals surface area contributed by atoms with E-state index < -0.39 is 36.8 Å². The predicted molar refractivity (Wildman–Crippen MR) is 117 cm³/mol. The molecule has 0 saturated heterocycles. The Morgan fingerprint density at radius 2 is 2.17 bits per heavy atom. The second kappa shape index (κ2) is 9.93. The summed E-state index contributed by atoms with van der Waals surface area (Å²) in [6.07, 6.45) is -2.72. The fourth-order valence-electron chi connectivity index (χ4n) is 4.22. The van der Waals surface area contributed by atoms with E-state index in [0.717, 1.165) is 11.1 Å². The van der Waals surface area contributed by atoms with Crippen molar-refractivity contribution < 1.29 is 27.6 Å². The van der Waals surface area contributed by atoms with Crippen molar-refractivity contribution in [2.45, 2.75) is 45.0 Å². The molecule has 0 bridgehead atoms. The molecule has 3 amide bonds. The number of urea groups is 1. The second-order valence-corrected chi connectivity index (χ2v) is 8.45. The molecule has 0 fully saturated rings. The maximum Gasteiger partial charge on any atom is 0.322 e. The highest BCUT2D eigenvalue weighted by molar-refractivity contribution is 5.94. The fraction of sp³-hybridized carbons (Fsp3) is 0.455. The zero-order chi connectivity index (χ0) is 25.3. The van der Waals surface area contributed by atoms with E-state index in [0.29, 0.717) is 17.7 Å². The van der Waals surface area contributed by atoms with Crippen molar-refractivity contribution in [1.29, 1.82) is 5.26 Å². The first-order valence-electron chi connectivity index (χ1n) is 11.0. The van der Waals surface area contributed by atoms with Crippen molar-refractivity contribution in [3.8, 4) is 6.07 Å². The van der Waals surface area contributed by atoms with E-state index >= 15 is 0 Å². The summed E-state index contributed by atoms with van der Waals surface area (Å²) in [5, 5.41) is 19.9. The lowest BCUT2D eigenvalue weighted by molar-refractivity contribution is -0.146. The topological polar surface area (TPSA) is 116 Å². The number of aromatic nitrogens is 2. The molecular formula is C22H24F3N7O3. The Bertz CT molecular complexity index is 1180. The number of halogens is 3. The van der Waals surface area contributed by atoms with Gasteiger partial charge in [0.15, 0.2) is 0 Å². The van der Waals surface area contributed by atoms with Gasteiger partial charge in [-0.2, -0.15) is 10.4 Å². The number of hydroxylamine groups is 2. The van der Waals surface area contributed by atoms with Crippen LogP contribution in [0.1, 0.15) is 34.2 Å². The fourth-order valence-corrected chi connectivity index (χ4v) is 4.22. The van der Waals surface area contributed by atoms with Gasteiger partial charge in [-0.25, -0.2) is 23.0 Å². The lowest BCUT2D eigenvalue weighted by Crippen LogP contribution is -2.45. The van der Waals surface area contributed by atoms with Crippen LogP contribution in [0.15, 0.2) is 18.2 Å². The van der Waals surface area contributed by atoms with Crippen LogP contribution in [0.3, 0.4) is 0 Å². The molecule has 2 atom stereocenters. The molecule has 3 heterocycles. The minimum Gasteiger partial charge on any atom is -0.317 e. The number of hydrogen-bond acceptors (Lipinski definition) is 6. The van der Waals surface area contributed by atoms with Crippen LogP contribution < -0.4 is 10.6 Å². The summed E-state index contributed by atoms with van der Waals surface area (Å²) in [5.74, 6) is -1.14.